The summed E-state index contributed by atoms with van der Waals surface area (Å²) < 4.78 is 4.88. The van der Waals surface area contributed by atoms with Gasteiger partial charge in [0.05, 0.1) is 0 Å². The molecule has 4 N–H and O–H groups in total. The van der Waals surface area contributed by atoms with Crippen LogP contribution in [0, 0.1) is 0 Å². The molecule has 1 aromatic rings. The Labute approximate surface area is 168 Å². The average Bonchev–Trinajstić information content (AvgIpc) is 2.62. The molecule has 0 saturated heterocycles. The van der Waals surface area contributed by atoms with Gasteiger partial charge in [-0.2, -0.15) is 11.8 Å². The van der Waals surface area contributed by atoms with Crippen LogP contribution in [0.2, 0.25) is 0 Å². The molecule has 9 heteroatoms. The van der Waals surface area contributed by atoms with E-state index >= 15 is 0 Å². The molecule has 0 aliphatic carbocycles. The van der Waals surface area contributed by atoms with Crippen molar-refractivity contribution in [1.29, 1.82) is 0 Å². The van der Waals surface area contributed by atoms with E-state index in [1.807, 2.05) is 18.4 Å². The topological polar surface area (TPSA) is 128 Å². The van der Waals surface area contributed by atoms with Crippen LogP contribution < -0.4 is 16.4 Å². The molecule has 8 nitrogen and oxygen atoms in total. The van der Waals surface area contributed by atoms with Gasteiger partial charge in [0, 0.05) is 5.56 Å². The van der Waals surface area contributed by atoms with E-state index in [2.05, 4.69) is 31.4 Å². The maximum absolute atomic E-state index is 12.1. The number of hydrogen-bond acceptors (Lipinski definition) is 6. The van der Waals surface area contributed by atoms with E-state index in [4.69, 9.17) is 10.5 Å². The molecule has 1 atom stereocenters. The molecule has 4 amide bonds. The summed E-state index contributed by atoms with van der Waals surface area (Å²) in [6.45, 7) is 5.53. The zero-order valence-electron chi connectivity index (χ0n) is 16.5. The summed E-state index contributed by atoms with van der Waals surface area (Å²) in [7, 11) is 0. The van der Waals surface area contributed by atoms with Crippen molar-refractivity contribution < 1.29 is 23.9 Å². The van der Waals surface area contributed by atoms with Crippen molar-refractivity contribution in [2.75, 3.05) is 18.6 Å². The Morgan fingerprint density at radius 2 is 1.75 bits per heavy atom. The Morgan fingerprint density at radius 1 is 1.14 bits per heavy atom. The number of ether oxygens (including phenoxy) is 1. The summed E-state index contributed by atoms with van der Waals surface area (Å²) in [4.78, 5) is 47.0. The summed E-state index contributed by atoms with van der Waals surface area (Å²) in [5.74, 6) is -1.54. The second-order valence-electron chi connectivity index (χ2n) is 7.16. The molecule has 0 radical (unpaired) electrons. The summed E-state index contributed by atoms with van der Waals surface area (Å²) in [6, 6.07) is 5.10. The fourth-order valence-corrected chi connectivity index (χ4v) is 2.72. The highest BCUT2D eigenvalue weighted by atomic mass is 32.2. The van der Waals surface area contributed by atoms with E-state index in [0.717, 1.165) is 5.56 Å². The van der Waals surface area contributed by atoms with Crippen molar-refractivity contribution >= 4 is 35.6 Å². The smallest absolute Gasteiger partial charge is 0.329 e. The number of imide groups is 1. The van der Waals surface area contributed by atoms with Crippen molar-refractivity contribution in [1.82, 2.24) is 10.6 Å². The van der Waals surface area contributed by atoms with Crippen LogP contribution in [0.3, 0.4) is 0 Å². The van der Waals surface area contributed by atoms with Crippen molar-refractivity contribution in [2.24, 2.45) is 5.73 Å². The summed E-state index contributed by atoms with van der Waals surface area (Å²) in [5.41, 5.74) is 6.37. The van der Waals surface area contributed by atoms with Crippen LogP contribution in [0.1, 0.15) is 43.1 Å². The molecule has 0 bridgehead atoms. The summed E-state index contributed by atoms with van der Waals surface area (Å²) in [6.07, 6.45) is 2.16. The lowest BCUT2D eigenvalue weighted by Gasteiger charge is -2.19. The molecule has 28 heavy (non-hydrogen) atoms. The minimum atomic E-state index is -0.946. The number of carbonyl (C=O) groups excluding carboxylic acids is 4. The molecule has 0 aromatic heterocycles. The molecule has 154 valence electrons. The third-order valence-corrected chi connectivity index (χ3v) is 4.47. The molecule has 0 fully saturated rings. The van der Waals surface area contributed by atoms with Gasteiger partial charge in [-0.05, 0) is 41.5 Å². The SMILES string of the molecule is CSCC[C@@H](NC(N)=O)C(=O)OCC(=O)NC(=O)c1ccc(C(C)(C)C)cc1. The third kappa shape index (κ3) is 7.99. The molecule has 0 heterocycles. The number of rotatable bonds is 8. The Morgan fingerprint density at radius 3 is 2.25 bits per heavy atom. The van der Waals surface area contributed by atoms with Gasteiger partial charge >= 0.3 is 12.0 Å². The zero-order chi connectivity index (χ0) is 21.3. The normalized spacial score (nSPS) is 12.0. The lowest BCUT2D eigenvalue weighted by atomic mass is 9.87. The molecular formula is C19H27N3O5S. The average molecular weight is 410 g/mol. The van der Waals surface area contributed by atoms with Crippen molar-refractivity contribution in [3.05, 3.63) is 35.4 Å². The van der Waals surface area contributed by atoms with Gasteiger partial charge in [-0.25, -0.2) is 9.59 Å². The number of thioether (sulfide) groups is 1. The van der Waals surface area contributed by atoms with Gasteiger partial charge in [-0.1, -0.05) is 32.9 Å². The predicted octanol–water partition coefficient (Wildman–Crippen LogP) is 1.57. The first-order valence-electron chi connectivity index (χ1n) is 8.71. The van der Waals surface area contributed by atoms with E-state index in [1.54, 1.807) is 12.1 Å². The van der Waals surface area contributed by atoms with E-state index in [0.29, 0.717) is 17.7 Å². The number of nitrogens with two attached hydrogens (primary N) is 1. The Hall–Kier alpha value is -2.55. The minimum absolute atomic E-state index is 0.0508. The number of amides is 4. The van der Waals surface area contributed by atoms with Gasteiger partial charge in [0.1, 0.15) is 6.04 Å². The largest absolute Gasteiger partial charge is 0.454 e. The molecule has 0 aliphatic heterocycles. The van der Waals surface area contributed by atoms with Crippen molar-refractivity contribution in [3.8, 4) is 0 Å². The van der Waals surface area contributed by atoms with E-state index < -0.39 is 36.5 Å². The molecule has 1 rings (SSSR count). The molecule has 0 spiro atoms. The fourth-order valence-electron chi connectivity index (χ4n) is 2.25. The summed E-state index contributed by atoms with van der Waals surface area (Å²) in [5, 5.41) is 4.44. The monoisotopic (exact) mass is 409 g/mol. The number of benzene rings is 1. The van der Waals surface area contributed by atoms with Gasteiger partial charge < -0.3 is 15.8 Å². The van der Waals surface area contributed by atoms with Gasteiger partial charge in [-0.15, -0.1) is 0 Å². The fraction of sp³-hybridized carbons (Fsp3) is 0.474. The van der Waals surface area contributed by atoms with Gasteiger partial charge in [0.15, 0.2) is 6.61 Å². The predicted molar refractivity (Wildman–Crippen MR) is 108 cm³/mol. The Bertz CT molecular complexity index is 713. The Kier molecular flexibility index (Phi) is 8.98. The molecular weight excluding hydrogens is 382 g/mol. The second-order valence-corrected chi connectivity index (χ2v) is 8.14. The lowest BCUT2D eigenvalue weighted by molar-refractivity contribution is -0.150. The van der Waals surface area contributed by atoms with E-state index in [1.165, 1.54) is 11.8 Å². The summed E-state index contributed by atoms with van der Waals surface area (Å²) >= 11 is 1.48. The van der Waals surface area contributed by atoms with Crippen LogP contribution in [-0.2, 0) is 19.7 Å². The van der Waals surface area contributed by atoms with Crippen molar-refractivity contribution in [3.63, 3.8) is 0 Å². The van der Waals surface area contributed by atoms with Crippen molar-refractivity contribution in [2.45, 2.75) is 38.6 Å². The lowest BCUT2D eigenvalue weighted by Crippen LogP contribution is -2.45. The maximum Gasteiger partial charge on any atom is 0.329 e. The van der Waals surface area contributed by atoms with Crippen LogP contribution in [0.5, 0.6) is 0 Å². The first-order chi connectivity index (χ1) is 13.0. The second kappa shape index (κ2) is 10.7. The Balaban J connectivity index is 2.57. The highest BCUT2D eigenvalue weighted by Gasteiger charge is 2.22. The number of carbonyl (C=O) groups is 4. The standard InChI is InChI=1S/C19H27N3O5S/c1-19(2,3)13-7-5-12(6-8-13)16(24)22-15(23)11-27-17(25)14(9-10-28-4)21-18(20)26/h5-8,14H,9-11H2,1-4H3,(H3,20,21,26)(H,22,23,24)/t14-/m1/s1. The number of hydrogen-bond donors (Lipinski definition) is 3. The first-order valence-corrected chi connectivity index (χ1v) is 10.1. The number of nitrogens with one attached hydrogen (secondary N) is 2. The van der Waals surface area contributed by atoms with Gasteiger partial charge in [0.2, 0.25) is 0 Å². The quantitative estimate of drug-likeness (QED) is 0.559. The minimum Gasteiger partial charge on any atom is -0.454 e. The maximum atomic E-state index is 12.1. The van der Waals surface area contributed by atoms with E-state index in [9.17, 15) is 19.2 Å². The molecule has 0 saturated carbocycles. The van der Waals surface area contributed by atoms with E-state index in [-0.39, 0.29) is 5.41 Å². The first kappa shape index (κ1) is 23.5. The highest BCUT2D eigenvalue weighted by Crippen LogP contribution is 2.22. The number of urea groups is 1. The van der Waals surface area contributed by atoms with Crippen LogP contribution >= 0.6 is 11.8 Å². The van der Waals surface area contributed by atoms with Crippen LogP contribution in [0.15, 0.2) is 24.3 Å². The number of esters is 1. The van der Waals surface area contributed by atoms with Crippen LogP contribution in [0.25, 0.3) is 0 Å². The van der Waals surface area contributed by atoms with Gasteiger partial charge in [0.25, 0.3) is 11.8 Å². The highest BCUT2D eigenvalue weighted by molar-refractivity contribution is 7.98. The van der Waals surface area contributed by atoms with Crippen LogP contribution in [-0.4, -0.2) is 48.5 Å². The third-order valence-electron chi connectivity index (χ3n) is 3.82. The zero-order valence-corrected chi connectivity index (χ0v) is 17.4. The molecule has 0 aliphatic rings. The molecule has 1 aromatic carbocycles. The van der Waals surface area contributed by atoms with Gasteiger partial charge in [-0.3, -0.25) is 14.9 Å². The van der Waals surface area contributed by atoms with Crippen LogP contribution in [0.4, 0.5) is 4.79 Å². The molecule has 0 unspecified atom stereocenters. The number of primary amides is 1.